The Hall–Kier alpha value is -2.43. The first-order valence-electron chi connectivity index (χ1n) is 6.32. The molecule has 1 aromatic carbocycles. The Bertz CT molecular complexity index is 558. The minimum absolute atomic E-state index is 0.259. The van der Waals surface area contributed by atoms with Crippen molar-refractivity contribution in [1.82, 2.24) is 4.98 Å². The summed E-state index contributed by atoms with van der Waals surface area (Å²) in [7, 11) is 0. The number of pyridine rings is 1. The lowest BCUT2D eigenvalue weighted by Gasteiger charge is -2.17. The van der Waals surface area contributed by atoms with Crippen molar-refractivity contribution in [3.05, 3.63) is 54.6 Å². The summed E-state index contributed by atoms with van der Waals surface area (Å²) >= 11 is 0. The van der Waals surface area contributed by atoms with Crippen molar-refractivity contribution in [3.63, 3.8) is 0 Å². The maximum atomic E-state index is 12.8. The number of aromatic nitrogens is 1. The first-order valence-corrected chi connectivity index (χ1v) is 6.32. The van der Waals surface area contributed by atoms with Gasteiger partial charge in [-0.1, -0.05) is 6.92 Å². The van der Waals surface area contributed by atoms with Crippen LogP contribution in [0.15, 0.2) is 48.8 Å². The fourth-order valence-electron chi connectivity index (χ4n) is 1.66. The van der Waals surface area contributed by atoms with Gasteiger partial charge in [-0.2, -0.15) is 0 Å². The molecule has 0 aliphatic carbocycles. The summed E-state index contributed by atoms with van der Waals surface area (Å²) in [5.74, 6) is -0.144. The van der Waals surface area contributed by atoms with Gasteiger partial charge in [0, 0.05) is 6.20 Å². The molecule has 0 saturated heterocycles. The number of amides is 1. The molecule has 1 N–H and O–H groups in total. The monoisotopic (exact) mass is 274 g/mol. The van der Waals surface area contributed by atoms with Gasteiger partial charge in [-0.3, -0.25) is 9.78 Å². The normalized spacial score (nSPS) is 11.7. The van der Waals surface area contributed by atoms with Crippen molar-refractivity contribution < 1.29 is 13.9 Å². The molecule has 1 aromatic heterocycles. The quantitative estimate of drug-likeness (QED) is 0.911. The van der Waals surface area contributed by atoms with Crippen molar-refractivity contribution in [2.45, 2.75) is 19.4 Å². The van der Waals surface area contributed by atoms with Crippen LogP contribution in [0.4, 0.5) is 10.1 Å². The van der Waals surface area contributed by atoms with Gasteiger partial charge in [-0.25, -0.2) is 4.39 Å². The van der Waals surface area contributed by atoms with E-state index in [9.17, 15) is 9.18 Å². The third-order valence-corrected chi connectivity index (χ3v) is 2.68. The van der Waals surface area contributed by atoms with E-state index in [1.165, 1.54) is 24.3 Å². The van der Waals surface area contributed by atoms with E-state index in [1.807, 2.05) is 6.92 Å². The van der Waals surface area contributed by atoms with Crippen LogP contribution in [0.2, 0.25) is 0 Å². The number of carbonyl (C=O) groups is 1. The highest BCUT2D eigenvalue weighted by Crippen LogP contribution is 2.15. The number of rotatable bonds is 5. The molecule has 1 heterocycles. The van der Waals surface area contributed by atoms with Gasteiger partial charge in [0.2, 0.25) is 0 Å². The second-order valence-corrected chi connectivity index (χ2v) is 4.20. The summed E-state index contributed by atoms with van der Waals surface area (Å²) in [5.41, 5.74) is 0.610. The fraction of sp³-hybridized carbons (Fsp3) is 0.200. The molecule has 0 radical (unpaired) electrons. The van der Waals surface area contributed by atoms with Crippen LogP contribution < -0.4 is 10.1 Å². The molecule has 0 saturated carbocycles. The molecule has 0 aliphatic heterocycles. The maximum absolute atomic E-state index is 12.8. The average molecular weight is 274 g/mol. The molecule has 4 nitrogen and oxygen atoms in total. The standard InChI is InChI=1S/C15H15FN2O2/c1-2-14(20-13-7-5-11(16)6-8-13)15(19)18-12-4-3-9-17-10-12/h3-10,14H,2H2,1H3,(H,18,19). The largest absolute Gasteiger partial charge is 0.481 e. The van der Waals surface area contributed by atoms with Crippen LogP contribution in [0.1, 0.15) is 13.3 Å². The van der Waals surface area contributed by atoms with Gasteiger partial charge >= 0.3 is 0 Å². The number of benzene rings is 1. The highest BCUT2D eigenvalue weighted by Gasteiger charge is 2.18. The molecule has 1 amide bonds. The molecule has 20 heavy (non-hydrogen) atoms. The summed E-state index contributed by atoms with van der Waals surface area (Å²) in [5, 5.41) is 2.72. The number of nitrogens with zero attached hydrogens (tertiary/aromatic N) is 1. The SMILES string of the molecule is CCC(Oc1ccc(F)cc1)C(=O)Nc1cccnc1. The number of nitrogens with one attached hydrogen (secondary N) is 1. The maximum Gasteiger partial charge on any atom is 0.265 e. The zero-order valence-electron chi connectivity index (χ0n) is 11.0. The van der Waals surface area contributed by atoms with E-state index in [4.69, 9.17) is 4.74 Å². The first kappa shape index (κ1) is 14.0. The van der Waals surface area contributed by atoms with E-state index in [0.29, 0.717) is 17.9 Å². The smallest absolute Gasteiger partial charge is 0.265 e. The highest BCUT2D eigenvalue weighted by atomic mass is 19.1. The minimum Gasteiger partial charge on any atom is -0.481 e. The van der Waals surface area contributed by atoms with E-state index in [0.717, 1.165) is 0 Å². The number of anilines is 1. The van der Waals surface area contributed by atoms with Crippen LogP contribution in [-0.2, 0) is 4.79 Å². The number of hydrogen-bond acceptors (Lipinski definition) is 3. The highest BCUT2D eigenvalue weighted by molar-refractivity contribution is 5.94. The molecule has 5 heteroatoms. The molecule has 2 aromatic rings. The first-order chi connectivity index (χ1) is 9.69. The Kier molecular flexibility index (Phi) is 4.65. The van der Waals surface area contributed by atoms with E-state index >= 15 is 0 Å². The summed E-state index contributed by atoms with van der Waals surface area (Å²) in [4.78, 5) is 16.0. The molecule has 0 fully saturated rings. The Labute approximate surface area is 116 Å². The third-order valence-electron chi connectivity index (χ3n) is 2.68. The van der Waals surface area contributed by atoms with Crippen LogP contribution in [0.5, 0.6) is 5.75 Å². The van der Waals surface area contributed by atoms with Gasteiger partial charge < -0.3 is 10.1 Å². The molecule has 0 spiro atoms. The molecule has 104 valence electrons. The van der Waals surface area contributed by atoms with Crippen molar-refractivity contribution in [2.24, 2.45) is 0 Å². The third kappa shape index (κ3) is 3.78. The Morgan fingerprint density at radius 3 is 2.70 bits per heavy atom. The Balaban J connectivity index is 2.00. The van der Waals surface area contributed by atoms with Crippen LogP contribution in [0.25, 0.3) is 0 Å². The van der Waals surface area contributed by atoms with Gasteiger partial charge in [0.05, 0.1) is 11.9 Å². The minimum atomic E-state index is -0.638. The molecular formula is C15H15FN2O2. The van der Waals surface area contributed by atoms with E-state index in [2.05, 4.69) is 10.3 Å². The number of hydrogen-bond donors (Lipinski definition) is 1. The fourth-order valence-corrected chi connectivity index (χ4v) is 1.66. The van der Waals surface area contributed by atoms with E-state index < -0.39 is 6.10 Å². The second kappa shape index (κ2) is 6.65. The lowest BCUT2D eigenvalue weighted by atomic mass is 10.2. The van der Waals surface area contributed by atoms with Crippen molar-refractivity contribution >= 4 is 11.6 Å². The van der Waals surface area contributed by atoms with Crippen molar-refractivity contribution in [3.8, 4) is 5.75 Å². The molecular weight excluding hydrogens is 259 g/mol. The van der Waals surface area contributed by atoms with Crippen molar-refractivity contribution in [1.29, 1.82) is 0 Å². The molecule has 1 unspecified atom stereocenters. The lowest BCUT2D eigenvalue weighted by molar-refractivity contribution is -0.122. The van der Waals surface area contributed by atoms with Gasteiger partial charge in [-0.15, -0.1) is 0 Å². The van der Waals surface area contributed by atoms with Crippen molar-refractivity contribution in [2.75, 3.05) is 5.32 Å². The Morgan fingerprint density at radius 1 is 1.35 bits per heavy atom. The van der Waals surface area contributed by atoms with E-state index in [-0.39, 0.29) is 11.7 Å². The Morgan fingerprint density at radius 2 is 2.10 bits per heavy atom. The average Bonchev–Trinajstić information content (AvgIpc) is 2.47. The topological polar surface area (TPSA) is 51.2 Å². The van der Waals surface area contributed by atoms with Crippen LogP contribution >= 0.6 is 0 Å². The summed E-state index contributed by atoms with van der Waals surface area (Å²) in [6, 6.07) is 9.06. The predicted molar refractivity (Wildman–Crippen MR) is 74.0 cm³/mol. The zero-order chi connectivity index (χ0) is 14.4. The van der Waals surface area contributed by atoms with Gasteiger partial charge in [0.25, 0.3) is 5.91 Å². The van der Waals surface area contributed by atoms with Gasteiger partial charge in [0.1, 0.15) is 11.6 Å². The molecule has 1 atom stereocenters. The van der Waals surface area contributed by atoms with Crippen LogP contribution in [0.3, 0.4) is 0 Å². The van der Waals surface area contributed by atoms with Gasteiger partial charge in [0.15, 0.2) is 6.10 Å². The van der Waals surface area contributed by atoms with Crippen LogP contribution in [-0.4, -0.2) is 17.0 Å². The van der Waals surface area contributed by atoms with Crippen LogP contribution in [0, 0.1) is 5.82 Å². The number of halogens is 1. The van der Waals surface area contributed by atoms with Gasteiger partial charge in [-0.05, 0) is 42.8 Å². The molecule has 0 bridgehead atoms. The molecule has 2 rings (SSSR count). The summed E-state index contributed by atoms with van der Waals surface area (Å²) in [6.45, 7) is 1.84. The zero-order valence-corrected chi connectivity index (χ0v) is 11.0. The second-order valence-electron chi connectivity index (χ2n) is 4.20. The number of ether oxygens (including phenoxy) is 1. The number of carbonyl (C=O) groups excluding carboxylic acids is 1. The lowest BCUT2D eigenvalue weighted by Crippen LogP contribution is -2.32. The summed E-state index contributed by atoms with van der Waals surface area (Å²) in [6.07, 6.45) is 3.05. The van der Waals surface area contributed by atoms with E-state index in [1.54, 1.807) is 24.5 Å². The summed E-state index contributed by atoms with van der Waals surface area (Å²) < 4.78 is 18.4. The molecule has 0 aliphatic rings. The predicted octanol–water partition coefficient (Wildman–Crippen LogP) is 3.02.